The summed E-state index contributed by atoms with van der Waals surface area (Å²) in [6.45, 7) is 3.29. The number of hydrogen-bond donors (Lipinski definition) is 0. The molecule has 0 aromatic rings. The molecule has 1 atom stereocenters. The smallest absolute Gasteiger partial charge is 0.251 e. The summed E-state index contributed by atoms with van der Waals surface area (Å²) in [5.74, 6) is 0.102. The zero-order valence-electron chi connectivity index (χ0n) is 8.69. The molecular formula is C10H15N3O2. The van der Waals surface area contributed by atoms with E-state index in [0.29, 0.717) is 32.8 Å². The second kappa shape index (κ2) is 4.49. The summed E-state index contributed by atoms with van der Waals surface area (Å²) in [6.07, 6.45) is 3.70. The molecule has 0 aliphatic carbocycles. The second-order valence-electron chi connectivity index (χ2n) is 3.91. The summed E-state index contributed by atoms with van der Waals surface area (Å²) >= 11 is 0. The van der Waals surface area contributed by atoms with Gasteiger partial charge in [-0.2, -0.15) is 5.26 Å². The molecule has 2 heterocycles. The molecule has 1 amide bonds. The fourth-order valence-electron chi connectivity index (χ4n) is 2.00. The van der Waals surface area contributed by atoms with Gasteiger partial charge in [-0.15, -0.1) is 0 Å². The number of carbonyl (C=O) groups excluding carboxylic acids is 1. The van der Waals surface area contributed by atoms with Gasteiger partial charge in [-0.3, -0.25) is 4.79 Å². The Labute approximate surface area is 89.2 Å². The van der Waals surface area contributed by atoms with Crippen molar-refractivity contribution in [2.45, 2.75) is 18.9 Å². The number of piperazine rings is 1. The van der Waals surface area contributed by atoms with Gasteiger partial charge in [0.05, 0.1) is 0 Å². The molecule has 2 fully saturated rings. The van der Waals surface area contributed by atoms with E-state index in [4.69, 9.17) is 10.00 Å². The molecule has 5 heteroatoms. The Balaban J connectivity index is 1.84. The lowest BCUT2D eigenvalue weighted by atomic mass is 10.2. The van der Waals surface area contributed by atoms with E-state index in [9.17, 15) is 4.79 Å². The molecule has 82 valence electrons. The average molecular weight is 209 g/mol. The molecule has 1 unspecified atom stereocenters. The fraction of sp³-hybridized carbons (Fsp3) is 0.800. The van der Waals surface area contributed by atoms with Crippen LogP contribution in [0.25, 0.3) is 0 Å². The Morgan fingerprint density at radius 1 is 1.33 bits per heavy atom. The summed E-state index contributed by atoms with van der Waals surface area (Å²) in [4.78, 5) is 15.4. The molecular weight excluding hydrogens is 194 g/mol. The van der Waals surface area contributed by atoms with Crippen molar-refractivity contribution < 1.29 is 9.53 Å². The second-order valence-corrected chi connectivity index (χ2v) is 3.91. The fourth-order valence-corrected chi connectivity index (χ4v) is 2.00. The van der Waals surface area contributed by atoms with Crippen molar-refractivity contribution in [1.82, 2.24) is 9.80 Å². The number of ether oxygens (including phenoxy) is 1. The van der Waals surface area contributed by atoms with Gasteiger partial charge in [-0.25, -0.2) is 0 Å². The third kappa shape index (κ3) is 2.21. The van der Waals surface area contributed by atoms with Crippen molar-refractivity contribution in [3.8, 4) is 6.19 Å². The quantitative estimate of drug-likeness (QED) is 0.561. The molecule has 0 aromatic carbocycles. The Kier molecular flexibility index (Phi) is 3.07. The maximum atomic E-state index is 11.9. The van der Waals surface area contributed by atoms with Gasteiger partial charge in [0.2, 0.25) is 0 Å². The first-order valence-corrected chi connectivity index (χ1v) is 5.36. The molecule has 0 radical (unpaired) electrons. The first-order chi connectivity index (χ1) is 7.31. The zero-order valence-corrected chi connectivity index (χ0v) is 8.69. The van der Waals surface area contributed by atoms with Gasteiger partial charge < -0.3 is 14.5 Å². The largest absolute Gasteiger partial charge is 0.368 e. The molecule has 2 aliphatic heterocycles. The standard InChI is InChI=1S/C10H15N3O2/c11-8-12-3-5-13(6-4-12)10(14)9-2-1-7-15-9/h9H,1-7H2. The highest BCUT2D eigenvalue weighted by Gasteiger charge is 2.29. The van der Waals surface area contributed by atoms with E-state index in [0.717, 1.165) is 12.8 Å². The summed E-state index contributed by atoms with van der Waals surface area (Å²) in [5.41, 5.74) is 0. The lowest BCUT2D eigenvalue weighted by molar-refractivity contribution is -0.142. The Bertz CT molecular complexity index is 273. The van der Waals surface area contributed by atoms with Crippen molar-refractivity contribution in [3.05, 3.63) is 0 Å². The van der Waals surface area contributed by atoms with Crippen LogP contribution in [0.15, 0.2) is 0 Å². The molecule has 0 N–H and O–H groups in total. The van der Waals surface area contributed by atoms with Crippen LogP contribution in [0.4, 0.5) is 0 Å². The Morgan fingerprint density at radius 3 is 2.60 bits per heavy atom. The molecule has 0 spiro atoms. The van der Waals surface area contributed by atoms with Gasteiger partial charge in [-0.1, -0.05) is 0 Å². The van der Waals surface area contributed by atoms with Crippen LogP contribution >= 0.6 is 0 Å². The predicted molar refractivity (Wildman–Crippen MR) is 52.7 cm³/mol. The third-order valence-electron chi connectivity index (χ3n) is 2.94. The van der Waals surface area contributed by atoms with Crippen molar-refractivity contribution in [2.24, 2.45) is 0 Å². The Hall–Kier alpha value is -1.28. The third-order valence-corrected chi connectivity index (χ3v) is 2.94. The first-order valence-electron chi connectivity index (χ1n) is 5.36. The van der Waals surface area contributed by atoms with Gasteiger partial charge in [-0.05, 0) is 12.8 Å². The highest BCUT2D eigenvalue weighted by Crippen LogP contribution is 2.15. The normalized spacial score (nSPS) is 26.5. The van der Waals surface area contributed by atoms with Crippen LogP contribution < -0.4 is 0 Å². The summed E-state index contributed by atoms with van der Waals surface area (Å²) in [6, 6.07) is 0. The molecule has 0 aromatic heterocycles. The van der Waals surface area contributed by atoms with E-state index >= 15 is 0 Å². The molecule has 2 aliphatic rings. The SMILES string of the molecule is N#CN1CCN(C(=O)C2CCCO2)CC1. The number of rotatable bonds is 1. The molecule has 15 heavy (non-hydrogen) atoms. The maximum absolute atomic E-state index is 11.9. The highest BCUT2D eigenvalue weighted by molar-refractivity contribution is 5.81. The summed E-state index contributed by atoms with van der Waals surface area (Å²) in [5, 5.41) is 8.68. The number of carbonyl (C=O) groups is 1. The zero-order chi connectivity index (χ0) is 10.7. The van der Waals surface area contributed by atoms with E-state index in [1.807, 2.05) is 4.90 Å². The van der Waals surface area contributed by atoms with E-state index in [1.54, 1.807) is 4.90 Å². The van der Waals surface area contributed by atoms with E-state index in [2.05, 4.69) is 6.19 Å². The van der Waals surface area contributed by atoms with Crippen molar-refractivity contribution >= 4 is 5.91 Å². The lowest BCUT2D eigenvalue weighted by Crippen LogP contribution is -2.50. The van der Waals surface area contributed by atoms with E-state index in [-0.39, 0.29) is 12.0 Å². The van der Waals surface area contributed by atoms with Crippen LogP contribution in [0.1, 0.15) is 12.8 Å². The topological polar surface area (TPSA) is 56.6 Å². The van der Waals surface area contributed by atoms with Crippen LogP contribution in [0.3, 0.4) is 0 Å². The number of hydrogen-bond acceptors (Lipinski definition) is 4. The van der Waals surface area contributed by atoms with Gasteiger partial charge in [0.25, 0.3) is 5.91 Å². The predicted octanol–water partition coefficient (Wildman–Crippen LogP) is -0.209. The minimum atomic E-state index is -0.223. The lowest BCUT2D eigenvalue weighted by Gasteiger charge is -2.32. The number of amides is 1. The molecule has 0 bridgehead atoms. The summed E-state index contributed by atoms with van der Waals surface area (Å²) in [7, 11) is 0. The van der Waals surface area contributed by atoms with Crippen molar-refractivity contribution in [3.63, 3.8) is 0 Å². The van der Waals surface area contributed by atoms with Crippen LogP contribution in [0, 0.1) is 11.5 Å². The Morgan fingerprint density at radius 2 is 2.07 bits per heavy atom. The molecule has 0 saturated carbocycles. The van der Waals surface area contributed by atoms with Gasteiger partial charge >= 0.3 is 0 Å². The summed E-state index contributed by atoms with van der Waals surface area (Å²) < 4.78 is 5.35. The van der Waals surface area contributed by atoms with Crippen LogP contribution in [-0.2, 0) is 9.53 Å². The van der Waals surface area contributed by atoms with Crippen LogP contribution in [0.5, 0.6) is 0 Å². The highest BCUT2D eigenvalue weighted by atomic mass is 16.5. The van der Waals surface area contributed by atoms with Crippen molar-refractivity contribution in [2.75, 3.05) is 32.8 Å². The maximum Gasteiger partial charge on any atom is 0.251 e. The minimum absolute atomic E-state index is 0.102. The van der Waals surface area contributed by atoms with E-state index < -0.39 is 0 Å². The minimum Gasteiger partial charge on any atom is -0.368 e. The molecule has 5 nitrogen and oxygen atoms in total. The van der Waals surface area contributed by atoms with Gasteiger partial charge in [0.15, 0.2) is 6.19 Å². The molecule has 2 saturated heterocycles. The first kappa shape index (κ1) is 10.2. The molecule has 2 rings (SSSR count). The number of nitrogens with zero attached hydrogens (tertiary/aromatic N) is 3. The van der Waals surface area contributed by atoms with Crippen LogP contribution in [0.2, 0.25) is 0 Å². The van der Waals surface area contributed by atoms with Gasteiger partial charge in [0.1, 0.15) is 6.10 Å². The van der Waals surface area contributed by atoms with Crippen molar-refractivity contribution in [1.29, 1.82) is 5.26 Å². The van der Waals surface area contributed by atoms with Crippen LogP contribution in [-0.4, -0.2) is 54.6 Å². The van der Waals surface area contributed by atoms with Gasteiger partial charge in [0, 0.05) is 32.8 Å². The monoisotopic (exact) mass is 209 g/mol. The van der Waals surface area contributed by atoms with E-state index in [1.165, 1.54) is 0 Å². The average Bonchev–Trinajstić information content (AvgIpc) is 2.82. The number of nitriles is 1.